The minimum Gasteiger partial charge on any atom is -0.493 e. The van der Waals surface area contributed by atoms with Crippen LogP contribution < -0.4 is 19.5 Å². The Labute approximate surface area is 153 Å². The lowest BCUT2D eigenvalue weighted by Gasteiger charge is -2.13. The van der Waals surface area contributed by atoms with Gasteiger partial charge in [-0.05, 0) is 24.3 Å². The van der Waals surface area contributed by atoms with Crippen LogP contribution in [0.1, 0.15) is 10.4 Å². The van der Waals surface area contributed by atoms with Crippen molar-refractivity contribution in [2.75, 3.05) is 26.6 Å². The smallest absolute Gasteiger partial charge is 0.259 e. The maximum atomic E-state index is 12.2. The standard InChI is InChI=1S/C17H16N4O4S/c1-23-12-7-11(8-13(24-2)14(12)25-3)16-20-21-17(26-16)19-15(22)10-5-4-6-18-9-10/h4-9H,1-3H3,(H,19,21,22). The Morgan fingerprint density at radius 2 is 1.81 bits per heavy atom. The van der Waals surface area contributed by atoms with Crippen molar-refractivity contribution in [3.8, 4) is 27.8 Å². The molecule has 3 aromatic rings. The second-order valence-corrected chi connectivity index (χ2v) is 6.00. The molecule has 1 N–H and O–H groups in total. The van der Waals surface area contributed by atoms with E-state index >= 15 is 0 Å². The van der Waals surface area contributed by atoms with Crippen LogP contribution in [0.5, 0.6) is 17.2 Å². The molecule has 0 aliphatic carbocycles. The fourth-order valence-electron chi connectivity index (χ4n) is 2.26. The lowest BCUT2D eigenvalue weighted by molar-refractivity contribution is 0.102. The maximum absolute atomic E-state index is 12.2. The summed E-state index contributed by atoms with van der Waals surface area (Å²) >= 11 is 1.23. The topological polar surface area (TPSA) is 95.5 Å². The quantitative estimate of drug-likeness (QED) is 0.711. The number of methoxy groups -OCH3 is 3. The molecule has 2 heterocycles. The Morgan fingerprint density at radius 1 is 1.08 bits per heavy atom. The average molecular weight is 372 g/mol. The minimum absolute atomic E-state index is 0.300. The van der Waals surface area contributed by atoms with Gasteiger partial charge in [-0.25, -0.2) is 0 Å². The third kappa shape index (κ3) is 3.57. The van der Waals surface area contributed by atoms with Gasteiger partial charge in [0.1, 0.15) is 5.01 Å². The molecular weight excluding hydrogens is 356 g/mol. The van der Waals surface area contributed by atoms with Crippen LogP contribution in [0.15, 0.2) is 36.7 Å². The lowest BCUT2D eigenvalue weighted by atomic mass is 10.2. The van der Waals surface area contributed by atoms with Crippen LogP contribution in [0.4, 0.5) is 5.13 Å². The van der Waals surface area contributed by atoms with Crippen LogP contribution in [0.2, 0.25) is 0 Å². The van der Waals surface area contributed by atoms with Crippen LogP contribution in [0.3, 0.4) is 0 Å². The van der Waals surface area contributed by atoms with E-state index in [0.29, 0.717) is 33.0 Å². The third-order valence-corrected chi connectivity index (χ3v) is 4.37. The second-order valence-electron chi connectivity index (χ2n) is 5.02. The number of anilines is 1. The Balaban J connectivity index is 1.87. The Hall–Kier alpha value is -3.20. The Kier molecular flexibility index (Phi) is 5.28. The van der Waals surface area contributed by atoms with Gasteiger partial charge in [0.15, 0.2) is 11.5 Å². The van der Waals surface area contributed by atoms with Crippen molar-refractivity contribution in [3.05, 3.63) is 42.2 Å². The van der Waals surface area contributed by atoms with Crippen LogP contribution >= 0.6 is 11.3 Å². The highest BCUT2D eigenvalue weighted by Gasteiger charge is 2.17. The maximum Gasteiger partial charge on any atom is 0.259 e. The molecule has 3 rings (SSSR count). The Bertz CT molecular complexity index is 889. The number of rotatable bonds is 6. The van der Waals surface area contributed by atoms with E-state index in [2.05, 4.69) is 20.5 Å². The van der Waals surface area contributed by atoms with Gasteiger partial charge in [-0.15, -0.1) is 10.2 Å². The number of ether oxygens (including phenoxy) is 3. The fraction of sp³-hybridized carbons (Fsp3) is 0.176. The number of carbonyl (C=O) groups is 1. The molecule has 0 radical (unpaired) electrons. The van der Waals surface area contributed by atoms with Gasteiger partial charge in [-0.3, -0.25) is 15.1 Å². The number of carbonyl (C=O) groups excluding carboxylic acids is 1. The van der Waals surface area contributed by atoms with Crippen molar-refractivity contribution in [1.29, 1.82) is 0 Å². The van der Waals surface area contributed by atoms with Crippen LogP contribution in [0.25, 0.3) is 10.6 Å². The molecule has 0 aliphatic heterocycles. The predicted molar refractivity (Wildman–Crippen MR) is 97.2 cm³/mol. The van der Waals surface area contributed by atoms with E-state index in [1.165, 1.54) is 24.6 Å². The number of amides is 1. The van der Waals surface area contributed by atoms with Crippen molar-refractivity contribution < 1.29 is 19.0 Å². The largest absolute Gasteiger partial charge is 0.493 e. The van der Waals surface area contributed by atoms with E-state index in [1.807, 2.05) is 0 Å². The lowest BCUT2D eigenvalue weighted by Crippen LogP contribution is -2.11. The van der Waals surface area contributed by atoms with E-state index in [9.17, 15) is 4.79 Å². The van der Waals surface area contributed by atoms with Crippen molar-refractivity contribution in [2.45, 2.75) is 0 Å². The van der Waals surface area contributed by atoms with Gasteiger partial charge in [0.25, 0.3) is 5.91 Å². The van der Waals surface area contributed by atoms with Crippen molar-refractivity contribution in [2.24, 2.45) is 0 Å². The first-order valence-corrected chi connectivity index (χ1v) is 8.33. The number of nitrogens with one attached hydrogen (secondary N) is 1. The number of benzene rings is 1. The van der Waals surface area contributed by atoms with Crippen molar-refractivity contribution >= 4 is 22.4 Å². The molecule has 2 aromatic heterocycles. The van der Waals surface area contributed by atoms with E-state index < -0.39 is 0 Å². The number of pyridine rings is 1. The molecule has 1 amide bonds. The van der Waals surface area contributed by atoms with Crippen LogP contribution in [-0.4, -0.2) is 42.4 Å². The van der Waals surface area contributed by atoms with E-state index in [-0.39, 0.29) is 5.91 Å². The molecule has 0 aliphatic rings. The third-order valence-electron chi connectivity index (χ3n) is 3.48. The predicted octanol–water partition coefficient (Wildman–Crippen LogP) is 2.88. The fourth-order valence-corrected chi connectivity index (χ4v) is 2.99. The number of aromatic nitrogens is 3. The molecule has 0 unspecified atom stereocenters. The highest BCUT2D eigenvalue weighted by molar-refractivity contribution is 7.18. The minimum atomic E-state index is -0.300. The van der Waals surface area contributed by atoms with Gasteiger partial charge >= 0.3 is 0 Å². The molecule has 0 atom stereocenters. The van der Waals surface area contributed by atoms with Crippen LogP contribution in [-0.2, 0) is 0 Å². The molecule has 134 valence electrons. The molecule has 1 aromatic carbocycles. The zero-order valence-electron chi connectivity index (χ0n) is 14.3. The monoisotopic (exact) mass is 372 g/mol. The van der Waals surface area contributed by atoms with Gasteiger partial charge in [0, 0.05) is 18.0 Å². The molecular formula is C17H16N4O4S. The molecule has 0 spiro atoms. The van der Waals surface area contributed by atoms with Crippen molar-refractivity contribution in [1.82, 2.24) is 15.2 Å². The summed E-state index contributed by atoms with van der Waals surface area (Å²) in [6, 6.07) is 6.91. The molecule has 9 heteroatoms. The molecule has 0 bridgehead atoms. The van der Waals surface area contributed by atoms with Gasteiger partial charge in [-0.1, -0.05) is 11.3 Å². The van der Waals surface area contributed by atoms with Gasteiger partial charge in [0.2, 0.25) is 10.9 Å². The molecule has 0 fully saturated rings. The Morgan fingerprint density at radius 3 is 2.38 bits per heavy atom. The summed E-state index contributed by atoms with van der Waals surface area (Å²) in [6.07, 6.45) is 3.08. The van der Waals surface area contributed by atoms with Gasteiger partial charge in [-0.2, -0.15) is 0 Å². The summed E-state index contributed by atoms with van der Waals surface area (Å²) in [5, 5.41) is 11.8. The summed E-state index contributed by atoms with van der Waals surface area (Å²) < 4.78 is 16.0. The highest BCUT2D eigenvalue weighted by Crippen LogP contribution is 2.42. The molecule has 0 saturated carbocycles. The zero-order chi connectivity index (χ0) is 18.5. The highest BCUT2D eigenvalue weighted by atomic mass is 32.1. The van der Waals surface area contributed by atoms with E-state index in [1.54, 1.807) is 44.7 Å². The first kappa shape index (κ1) is 17.6. The SMILES string of the molecule is COc1cc(-c2nnc(NC(=O)c3cccnc3)s2)cc(OC)c1OC. The molecule has 0 saturated heterocycles. The first-order valence-electron chi connectivity index (χ1n) is 7.51. The molecule has 8 nitrogen and oxygen atoms in total. The summed E-state index contributed by atoms with van der Waals surface area (Å²) in [7, 11) is 4.62. The second kappa shape index (κ2) is 7.79. The molecule has 26 heavy (non-hydrogen) atoms. The van der Waals surface area contributed by atoms with Gasteiger partial charge < -0.3 is 14.2 Å². The zero-order valence-corrected chi connectivity index (χ0v) is 15.2. The van der Waals surface area contributed by atoms with E-state index in [4.69, 9.17) is 14.2 Å². The van der Waals surface area contributed by atoms with Crippen molar-refractivity contribution in [3.63, 3.8) is 0 Å². The number of nitrogens with zero attached hydrogens (tertiary/aromatic N) is 3. The van der Waals surface area contributed by atoms with Gasteiger partial charge in [0.05, 0.1) is 26.9 Å². The number of hydrogen-bond donors (Lipinski definition) is 1. The first-order chi connectivity index (χ1) is 12.7. The normalized spacial score (nSPS) is 10.3. The number of hydrogen-bond acceptors (Lipinski definition) is 8. The summed E-state index contributed by atoms with van der Waals surface area (Å²) in [6.45, 7) is 0. The average Bonchev–Trinajstić information content (AvgIpc) is 3.15. The summed E-state index contributed by atoms with van der Waals surface area (Å²) in [5.41, 5.74) is 1.18. The summed E-state index contributed by atoms with van der Waals surface area (Å²) in [5.74, 6) is 1.22. The van der Waals surface area contributed by atoms with Crippen LogP contribution in [0, 0.1) is 0 Å². The summed E-state index contributed by atoms with van der Waals surface area (Å²) in [4.78, 5) is 16.1. The van der Waals surface area contributed by atoms with E-state index in [0.717, 1.165) is 5.56 Å².